The van der Waals surface area contributed by atoms with Crippen molar-refractivity contribution in [2.45, 2.75) is 24.7 Å². The summed E-state index contributed by atoms with van der Waals surface area (Å²) in [7, 11) is -4.15. The highest BCUT2D eigenvalue weighted by Crippen LogP contribution is 2.37. The number of hydrogen-bond donors (Lipinski definition) is 1. The molecule has 0 saturated heterocycles. The molecule has 0 unspecified atom stereocenters. The van der Waals surface area contributed by atoms with E-state index in [0.29, 0.717) is 32.3 Å². The van der Waals surface area contributed by atoms with Gasteiger partial charge >= 0.3 is 0 Å². The molecular formula is C21H16ClN3O6S2. The summed E-state index contributed by atoms with van der Waals surface area (Å²) in [4.78, 5) is 18.0. The van der Waals surface area contributed by atoms with Gasteiger partial charge in [0.15, 0.2) is 11.5 Å². The van der Waals surface area contributed by atoms with Crippen molar-refractivity contribution in [1.82, 2.24) is 10.1 Å². The van der Waals surface area contributed by atoms with Gasteiger partial charge in [0.2, 0.25) is 6.79 Å². The fraction of sp³-hybridized carbons (Fsp3) is 0.190. The Labute approximate surface area is 197 Å². The van der Waals surface area contributed by atoms with Crippen LogP contribution in [-0.2, 0) is 27.7 Å². The average Bonchev–Trinajstić information content (AvgIpc) is 3.46. The zero-order valence-corrected chi connectivity index (χ0v) is 19.5. The maximum Gasteiger partial charge on any atom is 0.266 e. The summed E-state index contributed by atoms with van der Waals surface area (Å²) in [6, 6.07) is 8.56. The van der Waals surface area contributed by atoms with Crippen LogP contribution in [0, 0.1) is 6.92 Å². The lowest BCUT2D eigenvalue weighted by Crippen LogP contribution is -2.15. The van der Waals surface area contributed by atoms with Crippen molar-refractivity contribution in [3.05, 3.63) is 57.7 Å². The Morgan fingerprint density at radius 1 is 1.21 bits per heavy atom. The lowest BCUT2D eigenvalue weighted by molar-refractivity contribution is -0.117. The van der Waals surface area contributed by atoms with Crippen LogP contribution in [0.1, 0.15) is 16.1 Å². The minimum Gasteiger partial charge on any atom is -0.454 e. The van der Waals surface area contributed by atoms with Crippen molar-refractivity contribution in [2.75, 3.05) is 11.5 Å². The van der Waals surface area contributed by atoms with Gasteiger partial charge in [-0.15, -0.1) is 11.3 Å². The quantitative estimate of drug-likeness (QED) is 0.398. The summed E-state index contributed by atoms with van der Waals surface area (Å²) >= 11 is 7.24. The third-order valence-electron chi connectivity index (χ3n) is 4.97. The Morgan fingerprint density at radius 2 is 2.03 bits per heavy atom. The molecule has 4 heterocycles. The molecule has 33 heavy (non-hydrogen) atoms. The van der Waals surface area contributed by atoms with Gasteiger partial charge in [-0.2, -0.15) is 0 Å². The van der Waals surface area contributed by atoms with Gasteiger partial charge in [0, 0.05) is 29.3 Å². The molecule has 0 atom stereocenters. The predicted octanol–water partition coefficient (Wildman–Crippen LogP) is 4.13. The highest BCUT2D eigenvalue weighted by atomic mass is 35.5. The van der Waals surface area contributed by atoms with Crippen LogP contribution >= 0.6 is 22.9 Å². The van der Waals surface area contributed by atoms with Gasteiger partial charge in [0.1, 0.15) is 26.2 Å². The van der Waals surface area contributed by atoms with E-state index in [4.69, 9.17) is 25.6 Å². The van der Waals surface area contributed by atoms with Crippen LogP contribution in [0.2, 0.25) is 5.02 Å². The summed E-state index contributed by atoms with van der Waals surface area (Å²) in [5.41, 5.74) is 1.10. The lowest BCUT2D eigenvalue weighted by atomic mass is 10.1. The van der Waals surface area contributed by atoms with Gasteiger partial charge in [0.25, 0.3) is 15.9 Å². The topological polar surface area (TPSA) is 121 Å². The molecule has 5 rings (SSSR count). The summed E-state index contributed by atoms with van der Waals surface area (Å²) in [5, 5.41) is 4.15. The molecule has 9 nitrogen and oxygen atoms in total. The van der Waals surface area contributed by atoms with Gasteiger partial charge in [0.05, 0.1) is 0 Å². The number of ether oxygens (including phenoxy) is 2. The van der Waals surface area contributed by atoms with Gasteiger partial charge in [-0.3, -0.25) is 4.79 Å². The number of halogens is 1. The van der Waals surface area contributed by atoms with Gasteiger partial charge in [-0.1, -0.05) is 22.8 Å². The zero-order valence-electron chi connectivity index (χ0n) is 17.1. The number of carbonyl (C=O) groups excluding carboxylic acids is 1. The molecule has 3 aromatic heterocycles. The number of thiophene rings is 1. The van der Waals surface area contributed by atoms with Gasteiger partial charge in [-0.25, -0.2) is 18.1 Å². The van der Waals surface area contributed by atoms with Crippen LogP contribution in [0.3, 0.4) is 0 Å². The number of pyridine rings is 1. The number of aryl methyl sites for hydroxylation is 1. The number of hydrogen-bond acceptors (Lipinski definition) is 9. The monoisotopic (exact) mass is 505 g/mol. The Morgan fingerprint density at radius 3 is 2.82 bits per heavy atom. The largest absolute Gasteiger partial charge is 0.454 e. The van der Waals surface area contributed by atoms with Crippen molar-refractivity contribution in [1.29, 1.82) is 0 Å². The lowest BCUT2D eigenvalue weighted by Gasteiger charge is -2.08. The molecule has 1 aliphatic rings. The Balaban J connectivity index is 1.46. The first-order chi connectivity index (χ1) is 15.8. The van der Waals surface area contributed by atoms with E-state index in [1.165, 1.54) is 0 Å². The van der Waals surface area contributed by atoms with Crippen molar-refractivity contribution >= 4 is 54.8 Å². The van der Waals surface area contributed by atoms with Crippen LogP contribution in [0.4, 0.5) is 5.88 Å². The molecule has 0 saturated carbocycles. The summed E-state index contributed by atoms with van der Waals surface area (Å²) in [6.07, 6.45) is 1.59. The van der Waals surface area contributed by atoms with Crippen LogP contribution in [-0.4, -0.2) is 31.1 Å². The molecule has 0 spiro atoms. The fourth-order valence-electron chi connectivity index (χ4n) is 3.48. The zero-order chi connectivity index (χ0) is 23.2. The van der Waals surface area contributed by atoms with Crippen molar-refractivity contribution in [3.8, 4) is 11.5 Å². The minimum atomic E-state index is -4.15. The normalized spacial score (nSPS) is 12.9. The number of benzene rings is 1. The molecule has 0 amide bonds. The molecule has 170 valence electrons. The van der Waals surface area contributed by atoms with E-state index in [1.807, 2.05) is 0 Å². The van der Waals surface area contributed by atoms with E-state index in [2.05, 4.69) is 14.9 Å². The Bertz CT molecular complexity index is 1500. The van der Waals surface area contributed by atoms with Crippen molar-refractivity contribution in [2.24, 2.45) is 0 Å². The second-order valence-electron chi connectivity index (χ2n) is 7.31. The van der Waals surface area contributed by atoms with E-state index in [-0.39, 0.29) is 41.2 Å². The number of nitrogens with one attached hydrogen (secondary N) is 1. The molecule has 4 aromatic rings. The van der Waals surface area contributed by atoms with Crippen molar-refractivity contribution in [3.63, 3.8) is 0 Å². The molecule has 0 bridgehead atoms. The van der Waals surface area contributed by atoms with E-state index < -0.39 is 10.0 Å². The van der Waals surface area contributed by atoms with Crippen LogP contribution in [0.5, 0.6) is 11.5 Å². The molecule has 1 aliphatic heterocycles. The number of rotatable bonds is 7. The first-order valence-electron chi connectivity index (χ1n) is 9.73. The smallest absolute Gasteiger partial charge is 0.266 e. The standard InChI is InChI=1S/C21H16ClN3O6S2/c1-11-18(22)20(31-24-11)25-33(27,28)19-14-3-2-6-23-21(14)32-17(19)9-13(26)7-12-4-5-15-16(8-12)30-10-29-15/h2-6,8,25H,7,9-10H2,1H3. The highest BCUT2D eigenvalue weighted by molar-refractivity contribution is 7.93. The molecule has 0 radical (unpaired) electrons. The van der Waals surface area contributed by atoms with E-state index >= 15 is 0 Å². The maximum absolute atomic E-state index is 13.3. The van der Waals surface area contributed by atoms with E-state index in [0.717, 1.165) is 16.9 Å². The number of sulfonamides is 1. The number of nitrogens with zero attached hydrogens (tertiary/aromatic N) is 2. The number of aromatic nitrogens is 2. The molecule has 1 aromatic carbocycles. The third-order valence-corrected chi connectivity index (χ3v) is 8.12. The SMILES string of the molecule is Cc1noc(NS(=O)(=O)c2c(CC(=O)Cc3ccc4c(c3)OCO4)sc3ncccc23)c1Cl. The number of carbonyl (C=O) groups is 1. The van der Waals surface area contributed by atoms with Crippen LogP contribution in [0.15, 0.2) is 45.9 Å². The Kier molecular flexibility index (Phi) is 5.47. The average molecular weight is 506 g/mol. The second kappa shape index (κ2) is 8.32. The number of ketones is 1. The van der Waals surface area contributed by atoms with E-state index in [9.17, 15) is 13.2 Å². The summed E-state index contributed by atoms with van der Waals surface area (Å²) in [6.45, 7) is 1.73. The van der Waals surface area contributed by atoms with Gasteiger partial charge < -0.3 is 14.0 Å². The fourth-order valence-corrected chi connectivity index (χ4v) is 6.55. The number of fused-ring (bicyclic) bond motifs is 2. The first kappa shape index (κ1) is 21.7. The molecular weight excluding hydrogens is 490 g/mol. The third kappa shape index (κ3) is 4.14. The summed E-state index contributed by atoms with van der Waals surface area (Å²) < 4.78 is 44.6. The van der Waals surface area contributed by atoms with E-state index in [1.54, 1.807) is 43.5 Å². The van der Waals surface area contributed by atoms with Crippen molar-refractivity contribution < 1.29 is 27.2 Å². The maximum atomic E-state index is 13.3. The van der Waals surface area contributed by atoms with Crippen LogP contribution < -0.4 is 14.2 Å². The predicted molar refractivity (Wildman–Crippen MR) is 122 cm³/mol. The number of anilines is 1. The molecule has 1 N–H and O–H groups in total. The second-order valence-corrected chi connectivity index (χ2v) is 10.4. The first-order valence-corrected chi connectivity index (χ1v) is 12.4. The Hall–Kier alpha value is -3.15. The van der Waals surface area contributed by atoms with Crippen LogP contribution in [0.25, 0.3) is 10.2 Å². The highest BCUT2D eigenvalue weighted by Gasteiger charge is 2.29. The summed E-state index contributed by atoms with van der Waals surface area (Å²) in [5.74, 6) is 0.862. The molecule has 12 heteroatoms. The molecule has 0 aliphatic carbocycles. The van der Waals surface area contributed by atoms with Gasteiger partial charge in [-0.05, 0) is 36.8 Å². The molecule has 0 fully saturated rings. The minimum absolute atomic E-state index is 0.0280. The number of Topliss-reactive ketones (excluding diaryl/α,β-unsaturated/α-hetero) is 1.